The maximum atomic E-state index is 10.5. The highest BCUT2D eigenvalue weighted by Gasteiger charge is 2.56. The zero-order valence-electron chi connectivity index (χ0n) is 13.0. The first kappa shape index (κ1) is 13.9. The number of aliphatic hydroxyl groups is 1. The van der Waals surface area contributed by atoms with Crippen LogP contribution in [0.1, 0.15) is 66.2 Å². The minimum Gasteiger partial charge on any atom is -0.367 e. The largest absolute Gasteiger partial charge is 0.367 e. The Labute approximate surface area is 117 Å². The van der Waals surface area contributed by atoms with Crippen molar-refractivity contribution in [1.82, 2.24) is 0 Å². The second-order valence-corrected chi connectivity index (χ2v) is 8.30. The number of hydrogen-bond acceptors (Lipinski definition) is 2. The first-order valence-corrected chi connectivity index (χ1v) is 8.21. The van der Waals surface area contributed by atoms with Crippen molar-refractivity contribution < 1.29 is 9.84 Å². The van der Waals surface area contributed by atoms with Gasteiger partial charge in [0.2, 0.25) is 0 Å². The van der Waals surface area contributed by atoms with Crippen LogP contribution in [0, 0.1) is 29.1 Å². The summed E-state index contributed by atoms with van der Waals surface area (Å²) in [5, 5.41) is 10.5. The van der Waals surface area contributed by atoms with Crippen LogP contribution < -0.4 is 0 Å². The minimum absolute atomic E-state index is 0.0702. The molecule has 0 aromatic heterocycles. The molecule has 1 unspecified atom stereocenters. The van der Waals surface area contributed by atoms with Crippen LogP contribution in [0.2, 0.25) is 0 Å². The minimum atomic E-state index is -0.625. The molecule has 0 aromatic rings. The van der Waals surface area contributed by atoms with Gasteiger partial charge in [-0.2, -0.15) is 0 Å². The van der Waals surface area contributed by atoms with Crippen molar-refractivity contribution in [3.8, 4) is 0 Å². The van der Waals surface area contributed by atoms with Crippen molar-refractivity contribution in [2.24, 2.45) is 29.1 Å². The summed E-state index contributed by atoms with van der Waals surface area (Å²) < 4.78 is 6.33. The summed E-state index contributed by atoms with van der Waals surface area (Å²) in [4.78, 5) is 0. The zero-order valence-corrected chi connectivity index (χ0v) is 13.0. The third-order valence-electron chi connectivity index (χ3n) is 6.70. The van der Waals surface area contributed by atoms with E-state index in [1.54, 1.807) is 0 Å². The average molecular weight is 266 g/mol. The van der Waals surface area contributed by atoms with E-state index >= 15 is 0 Å². The van der Waals surface area contributed by atoms with Gasteiger partial charge in [0.25, 0.3) is 0 Å². The molecule has 0 amide bonds. The Hall–Kier alpha value is -0.0800. The Morgan fingerprint density at radius 3 is 2.00 bits per heavy atom. The molecule has 0 heterocycles. The molecule has 0 aliphatic heterocycles. The molecule has 4 aliphatic rings. The van der Waals surface area contributed by atoms with Gasteiger partial charge in [-0.15, -0.1) is 0 Å². The fraction of sp³-hybridized carbons (Fsp3) is 1.00. The second kappa shape index (κ2) is 4.46. The van der Waals surface area contributed by atoms with Crippen LogP contribution in [0.3, 0.4) is 0 Å². The Morgan fingerprint density at radius 2 is 1.58 bits per heavy atom. The van der Waals surface area contributed by atoms with Crippen molar-refractivity contribution in [3.63, 3.8) is 0 Å². The van der Waals surface area contributed by atoms with E-state index in [-0.39, 0.29) is 11.0 Å². The highest BCUT2D eigenvalue weighted by atomic mass is 16.6. The number of hydrogen-bond donors (Lipinski definition) is 1. The topological polar surface area (TPSA) is 29.5 Å². The number of aliphatic hydroxyl groups excluding tert-OH is 1. The number of rotatable bonds is 4. The summed E-state index contributed by atoms with van der Waals surface area (Å²) in [5.74, 6) is 3.28. The molecule has 2 heteroatoms. The molecule has 0 radical (unpaired) electrons. The first-order chi connectivity index (χ1) is 8.85. The van der Waals surface area contributed by atoms with Gasteiger partial charge in [-0.3, -0.25) is 0 Å². The third kappa shape index (κ3) is 2.15. The van der Waals surface area contributed by atoms with E-state index in [1.807, 2.05) is 0 Å². The van der Waals surface area contributed by atoms with E-state index in [2.05, 4.69) is 27.7 Å². The normalized spacial score (nSPS) is 46.6. The molecule has 0 saturated heterocycles. The summed E-state index contributed by atoms with van der Waals surface area (Å²) in [6.07, 6.45) is 7.13. The fourth-order valence-electron chi connectivity index (χ4n) is 4.89. The summed E-state index contributed by atoms with van der Waals surface area (Å²) in [5.41, 5.74) is -0.211. The Kier molecular flexibility index (Phi) is 3.26. The lowest BCUT2D eigenvalue weighted by molar-refractivity contribution is -0.288. The molecule has 4 fully saturated rings. The predicted octanol–water partition coefficient (Wildman–Crippen LogP) is 3.97. The quantitative estimate of drug-likeness (QED) is 0.780. The molecule has 1 N–H and O–H groups in total. The molecule has 4 rings (SSSR count). The summed E-state index contributed by atoms with van der Waals surface area (Å²) in [7, 11) is 0. The Morgan fingerprint density at radius 1 is 1.11 bits per heavy atom. The molecule has 19 heavy (non-hydrogen) atoms. The van der Waals surface area contributed by atoms with Crippen LogP contribution in [0.4, 0.5) is 0 Å². The fourth-order valence-corrected chi connectivity index (χ4v) is 4.89. The molecule has 4 saturated carbocycles. The lowest BCUT2D eigenvalue weighted by Crippen LogP contribution is -2.59. The van der Waals surface area contributed by atoms with E-state index in [9.17, 15) is 5.11 Å². The molecule has 1 atom stereocenters. The van der Waals surface area contributed by atoms with Gasteiger partial charge in [0.1, 0.15) is 0 Å². The highest BCUT2D eigenvalue weighted by Crippen LogP contribution is 2.60. The van der Waals surface area contributed by atoms with Gasteiger partial charge in [-0.1, -0.05) is 20.8 Å². The van der Waals surface area contributed by atoms with E-state index in [0.717, 1.165) is 18.3 Å². The van der Waals surface area contributed by atoms with Gasteiger partial charge >= 0.3 is 0 Å². The molecule has 0 aromatic carbocycles. The van der Waals surface area contributed by atoms with Crippen molar-refractivity contribution in [2.45, 2.75) is 78.1 Å². The summed E-state index contributed by atoms with van der Waals surface area (Å²) >= 11 is 0. The molecule has 2 nitrogen and oxygen atoms in total. The molecular formula is C17H30O2. The van der Waals surface area contributed by atoms with Crippen LogP contribution >= 0.6 is 0 Å². The first-order valence-electron chi connectivity index (χ1n) is 8.21. The zero-order chi connectivity index (χ0) is 13.8. The van der Waals surface area contributed by atoms with Gasteiger partial charge in [0.05, 0.1) is 5.60 Å². The van der Waals surface area contributed by atoms with Crippen molar-refractivity contribution >= 4 is 0 Å². The lowest BCUT2D eigenvalue weighted by Gasteiger charge is -2.60. The van der Waals surface area contributed by atoms with Crippen LogP contribution in [0.15, 0.2) is 0 Å². The highest BCUT2D eigenvalue weighted by molar-refractivity contribution is 5.06. The Bertz CT molecular complexity index is 319. The van der Waals surface area contributed by atoms with E-state index in [0.29, 0.717) is 11.8 Å². The van der Waals surface area contributed by atoms with Gasteiger partial charge < -0.3 is 9.84 Å². The maximum absolute atomic E-state index is 10.5. The molecular weight excluding hydrogens is 236 g/mol. The van der Waals surface area contributed by atoms with Gasteiger partial charge in [0.15, 0.2) is 6.29 Å². The van der Waals surface area contributed by atoms with E-state index < -0.39 is 6.29 Å². The van der Waals surface area contributed by atoms with E-state index in [4.69, 9.17) is 4.74 Å². The molecule has 0 spiro atoms. The third-order valence-corrected chi connectivity index (χ3v) is 6.70. The van der Waals surface area contributed by atoms with Crippen molar-refractivity contribution in [3.05, 3.63) is 0 Å². The van der Waals surface area contributed by atoms with E-state index in [1.165, 1.54) is 32.1 Å². The molecule has 4 aliphatic carbocycles. The average Bonchev–Trinajstić information content (AvgIpc) is 2.35. The number of ether oxygens (including phenoxy) is 1. The summed E-state index contributed by atoms with van der Waals surface area (Å²) in [6.45, 7) is 8.63. The molecule has 110 valence electrons. The predicted molar refractivity (Wildman–Crippen MR) is 76.6 cm³/mol. The lowest BCUT2D eigenvalue weighted by atomic mass is 9.50. The second-order valence-electron chi connectivity index (χ2n) is 8.30. The van der Waals surface area contributed by atoms with Crippen LogP contribution in [-0.4, -0.2) is 17.0 Å². The molecule has 4 bridgehead atoms. The van der Waals surface area contributed by atoms with Crippen molar-refractivity contribution in [2.75, 3.05) is 0 Å². The van der Waals surface area contributed by atoms with Gasteiger partial charge in [0, 0.05) is 5.41 Å². The standard InChI is InChI=1S/C17H30O2/c1-5-16(2,3)15(18)19-17(4)13-7-11-6-12(9-13)10-14(17)8-11/h11-15,18H,5-10H2,1-4H3. The van der Waals surface area contributed by atoms with Gasteiger partial charge in [-0.25, -0.2) is 0 Å². The van der Waals surface area contributed by atoms with Gasteiger partial charge in [-0.05, 0) is 69.1 Å². The van der Waals surface area contributed by atoms with Crippen LogP contribution in [0.25, 0.3) is 0 Å². The van der Waals surface area contributed by atoms with Crippen LogP contribution in [-0.2, 0) is 4.74 Å². The Balaban J connectivity index is 1.76. The smallest absolute Gasteiger partial charge is 0.160 e. The summed E-state index contributed by atoms with van der Waals surface area (Å²) in [6, 6.07) is 0. The SMILES string of the molecule is CCC(C)(C)C(O)OC1(C)C2CC3CC(C2)CC1C3. The maximum Gasteiger partial charge on any atom is 0.160 e. The van der Waals surface area contributed by atoms with Crippen molar-refractivity contribution in [1.29, 1.82) is 0 Å². The van der Waals surface area contributed by atoms with Crippen LogP contribution in [0.5, 0.6) is 0 Å². The monoisotopic (exact) mass is 266 g/mol.